The molecular weight excluding hydrogens is 306 g/mol. The number of pyridine rings is 1. The van der Waals surface area contributed by atoms with Crippen molar-refractivity contribution < 1.29 is 18.5 Å². The lowest BCUT2D eigenvalue weighted by Gasteiger charge is -2.05. The van der Waals surface area contributed by atoms with Crippen molar-refractivity contribution >= 4 is 22.4 Å². The second-order valence-corrected chi connectivity index (χ2v) is 4.75. The number of hydrogen-bond acceptors (Lipinski definition) is 4. The van der Waals surface area contributed by atoms with Crippen molar-refractivity contribution in [3.05, 3.63) is 81.5 Å². The number of halogens is 2. The largest absolute Gasteiger partial charge is 0.306 e. The average Bonchev–Trinajstić information content (AvgIpc) is 2.55. The third-order valence-corrected chi connectivity index (χ3v) is 3.36. The van der Waals surface area contributed by atoms with E-state index >= 15 is 0 Å². The molecule has 0 aliphatic heterocycles. The third-order valence-electron chi connectivity index (χ3n) is 3.36. The van der Waals surface area contributed by atoms with Gasteiger partial charge in [-0.25, -0.2) is 13.8 Å². The minimum atomic E-state index is -1.20. The molecule has 114 valence electrons. The molecule has 23 heavy (non-hydrogen) atoms. The van der Waals surface area contributed by atoms with Gasteiger partial charge in [0, 0.05) is 17.1 Å². The molecule has 1 heterocycles. The second kappa shape index (κ2) is 5.53. The summed E-state index contributed by atoms with van der Waals surface area (Å²) >= 11 is 0. The monoisotopic (exact) mass is 314 g/mol. The van der Waals surface area contributed by atoms with Crippen molar-refractivity contribution in [2.24, 2.45) is 0 Å². The van der Waals surface area contributed by atoms with E-state index in [0.717, 1.165) is 12.1 Å². The smallest absolute Gasteiger partial charge is 0.288 e. The van der Waals surface area contributed by atoms with Crippen LogP contribution in [0.1, 0.15) is 15.9 Å². The number of nitro benzene ring substituents is 1. The normalized spacial score (nSPS) is 10.7. The first-order chi connectivity index (χ1) is 11.0. The van der Waals surface area contributed by atoms with Gasteiger partial charge in [-0.15, -0.1) is 0 Å². The number of benzene rings is 2. The van der Waals surface area contributed by atoms with Gasteiger partial charge in [0.15, 0.2) is 17.4 Å². The zero-order chi connectivity index (χ0) is 16.6. The van der Waals surface area contributed by atoms with E-state index in [1.165, 1.54) is 18.3 Å². The standard InChI is InChI=1S/C16H8F2N2O3/c17-12-6-4-10(8-13(12)18)16(21)11-5-3-9-2-1-7-19-14(9)15(11)20(22)23/h1-8H. The summed E-state index contributed by atoms with van der Waals surface area (Å²) in [5, 5.41) is 11.9. The number of fused-ring (bicyclic) bond motifs is 1. The maximum atomic E-state index is 13.3. The average molecular weight is 314 g/mol. The molecular formula is C16H8F2N2O3. The highest BCUT2D eigenvalue weighted by molar-refractivity contribution is 6.14. The number of aromatic nitrogens is 1. The first-order valence-electron chi connectivity index (χ1n) is 6.51. The Kier molecular flexibility index (Phi) is 3.53. The summed E-state index contributed by atoms with van der Waals surface area (Å²) in [6, 6.07) is 8.63. The minimum absolute atomic E-state index is 0.0610. The molecule has 0 bridgehead atoms. The van der Waals surface area contributed by atoms with Gasteiger partial charge in [-0.2, -0.15) is 0 Å². The molecule has 5 nitrogen and oxygen atoms in total. The Balaban J connectivity index is 2.22. The maximum absolute atomic E-state index is 13.3. The Bertz CT molecular complexity index is 957. The Morgan fingerprint density at radius 1 is 1.09 bits per heavy atom. The highest BCUT2D eigenvalue weighted by Crippen LogP contribution is 2.29. The number of hydrogen-bond donors (Lipinski definition) is 0. The summed E-state index contributed by atoms with van der Waals surface area (Å²) in [4.78, 5) is 27.1. The summed E-state index contributed by atoms with van der Waals surface area (Å²) < 4.78 is 26.3. The zero-order valence-electron chi connectivity index (χ0n) is 11.5. The molecule has 0 fully saturated rings. The van der Waals surface area contributed by atoms with Crippen LogP contribution in [0, 0.1) is 21.7 Å². The highest BCUT2D eigenvalue weighted by Gasteiger charge is 2.25. The van der Waals surface area contributed by atoms with Crippen LogP contribution in [0.5, 0.6) is 0 Å². The van der Waals surface area contributed by atoms with Crippen LogP contribution in [-0.4, -0.2) is 15.7 Å². The molecule has 0 aliphatic rings. The highest BCUT2D eigenvalue weighted by atomic mass is 19.2. The van der Waals surface area contributed by atoms with E-state index < -0.39 is 28.0 Å². The topological polar surface area (TPSA) is 73.1 Å². The minimum Gasteiger partial charge on any atom is -0.288 e. The molecule has 0 aliphatic carbocycles. The Morgan fingerprint density at radius 3 is 2.57 bits per heavy atom. The lowest BCUT2D eigenvalue weighted by molar-refractivity contribution is -0.383. The van der Waals surface area contributed by atoms with Crippen LogP contribution in [0.25, 0.3) is 10.9 Å². The Hall–Kier alpha value is -3.22. The third kappa shape index (κ3) is 2.52. The van der Waals surface area contributed by atoms with Gasteiger partial charge in [0.1, 0.15) is 11.1 Å². The van der Waals surface area contributed by atoms with E-state index in [-0.39, 0.29) is 16.6 Å². The summed E-state index contributed by atoms with van der Waals surface area (Å²) in [7, 11) is 0. The lowest BCUT2D eigenvalue weighted by Crippen LogP contribution is -2.07. The Morgan fingerprint density at radius 2 is 1.87 bits per heavy atom. The van der Waals surface area contributed by atoms with E-state index in [1.807, 2.05) is 0 Å². The fourth-order valence-electron chi connectivity index (χ4n) is 2.29. The van der Waals surface area contributed by atoms with Gasteiger partial charge in [-0.3, -0.25) is 14.9 Å². The molecule has 0 atom stereocenters. The molecule has 0 unspecified atom stereocenters. The van der Waals surface area contributed by atoms with Crippen LogP contribution >= 0.6 is 0 Å². The van der Waals surface area contributed by atoms with Crippen molar-refractivity contribution in [2.45, 2.75) is 0 Å². The van der Waals surface area contributed by atoms with Crippen LogP contribution < -0.4 is 0 Å². The van der Waals surface area contributed by atoms with Gasteiger partial charge < -0.3 is 0 Å². The fraction of sp³-hybridized carbons (Fsp3) is 0. The number of carbonyl (C=O) groups excluding carboxylic acids is 1. The molecule has 0 radical (unpaired) electrons. The van der Waals surface area contributed by atoms with Crippen LogP contribution in [-0.2, 0) is 0 Å². The van der Waals surface area contributed by atoms with Crippen LogP contribution in [0.15, 0.2) is 48.7 Å². The molecule has 1 aromatic heterocycles. The van der Waals surface area contributed by atoms with E-state index in [2.05, 4.69) is 4.98 Å². The summed E-state index contributed by atoms with van der Waals surface area (Å²) in [5.41, 5.74) is -0.807. The van der Waals surface area contributed by atoms with Crippen molar-refractivity contribution in [1.29, 1.82) is 0 Å². The molecule has 0 N–H and O–H groups in total. The summed E-state index contributed by atoms with van der Waals surface area (Å²) in [6.45, 7) is 0. The number of carbonyl (C=O) groups is 1. The van der Waals surface area contributed by atoms with E-state index in [1.54, 1.807) is 12.1 Å². The van der Waals surface area contributed by atoms with Crippen molar-refractivity contribution in [3.8, 4) is 0 Å². The van der Waals surface area contributed by atoms with Gasteiger partial charge in [0.2, 0.25) is 0 Å². The van der Waals surface area contributed by atoms with Gasteiger partial charge >= 0.3 is 5.69 Å². The van der Waals surface area contributed by atoms with E-state index in [0.29, 0.717) is 11.5 Å². The van der Waals surface area contributed by atoms with Crippen LogP contribution in [0.4, 0.5) is 14.5 Å². The van der Waals surface area contributed by atoms with Crippen molar-refractivity contribution in [3.63, 3.8) is 0 Å². The quantitative estimate of drug-likeness (QED) is 0.420. The predicted molar refractivity (Wildman–Crippen MR) is 78.2 cm³/mol. The lowest BCUT2D eigenvalue weighted by atomic mass is 9.99. The van der Waals surface area contributed by atoms with Gasteiger partial charge in [0.25, 0.3) is 0 Å². The molecule has 3 rings (SSSR count). The van der Waals surface area contributed by atoms with Crippen LogP contribution in [0.3, 0.4) is 0 Å². The molecule has 3 aromatic rings. The molecule has 0 saturated carbocycles. The molecule has 0 saturated heterocycles. The Labute approximate surface area is 128 Å². The SMILES string of the molecule is O=C(c1ccc(F)c(F)c1)c1ccc2cccnc2c1[N+](=O)[O-]. The van der Waals surface area contributed by atoms with Crippen molar-refractivity contribution in [1.82, 2.24) is 4.98 Å². The molecule has 0 amide bonds. The van der Waals surface area contributed by atoms with E-state index in [9.17, 15) is 23.7 Å². The van der Waals surface area contributed by atoms with E-state index in [4.69, 9.17) is 0 Å². The number of ketones is 1. The first-order valence-corrected chi connectivity index (χ1v) is 6.51. The molecule has 0 spiro atoms. The van der Waals surface area contributed by atoms with Gasteiger partial charge in [-0.1, -0.05) is 12.1 Å². The fourth-order valence-corrected chi connectivity index (χ4v) is 2.29. The summed E-state index contributed by atoms with van der Waals surface area (Å²) in [6.07, 6.45) is 1.38. The number of rotatable bonds is 3. The number of nitrogens with zero attached hydrogens (tertiary/aromatic N) is 2. The summed E-state index contributed by atoms with van der Waals surface area (Å²) in [5.74, 6) is -3.07. The molecule has 7 heteroatoms. The van der Waals surface area contributed by atoms with Gasteiger partial charge in [0.05, 0.1) is 4.92 Å². The first kappa shape index (κ1) is 14.7. The van der Waals surface area contributed by atoms with Crippen LogP contribution in [0.2, 0.25) is 0 Å². The maximum Gasteiger partial charge on any atom is 0.306 e. The number of nitro groups is 1. The second-order valence-electron chi connectivity index (χ2n) is 4.75. The zero-order valence-corrected chi connectivity index (χ0v) is 11.5. The molecule has 2 aromatic carbocycles. The van der Waals surface area contributed by atoms with Crippen molar-refractivity contribution in [2.75, 3.05) is 0 Å². The van der Waals surface area contributed by atoms with Gasteiger partial charge in [-0.05, 0) is 30.3 Å². The predicted octanol–water partition coefficient (Wildman–Crippen LogP) is 3.65.